The van der Waals surface area contributed by atoms with Crippen molar-refractivity contribution in [1.29, 1.82) is 0 Å². The summed E-state index contributed by atoms with van der Waals surface area (Å²) < 4.78 is 4.87. The molecule has 11 heteroatoms. The van der Waals surface area contributed by atoms with Crippen LogP contribution in [0.2, 0.25) is 10.0 Å². The molecule has 3 amide bonds. The fraction of sp³-hybridized carbons (Fsp3) is 0.500. The van der Waals surface area contributed by atoms with Crippen LogP contribution in [0.3, 0.4) is 0 Å². The van der Waals surface area contributed by atoms with Gasteiger partial charge in [-0.3, -0.25) is 14.4 Å². The Balaban J connectivity index is 1.48. The smallest absolute Gasteiger partial charge is 0.328 e. The Kier molecular flexibility index (Phi) is 7.86. The Bertz CT molecular complexity index is 1150. The molecule has 0 bridgehead atoms. The minimum atomic E-state index is -0.992. The molecule has 4 N–H and O–H groups in total. The number of nitrogens with one attached hydrogen (secondary N) is 4. The molecule has 35 heavy (non-hydrogen) atoms. The van der Waals surface area contributed by atoms with Gasteiger partial charge in [-0.1, -0.05) is 36.0 Å². The van der Waals surface area contributed by atoms with Gasteiger partial charge in [0.2, 0.25) is 11.8 Å². The third-order valence-electron chi connectivity index (χ3n) is 6.51. The van der Waals surface area contributed by atoms with Crippen LogP contribution in [0.1, 0.15) is 49.0 Å². The number of fused-ring (bicyclic) bond motifs is 1. The number of carbonyl (C=O) groups excluding carboxylic acids is 4. The molecule has 3 atom stereocenters. The van der Waals surface area contributed by atoms with Crippen molar-refractivity contribution in [3.63, 3.8) is 0 Å². The van der Waals surface area contributed by atoms with Crippen molar-refractivity contribution < 1.29 is 23.9 Å². The van der Waals surface area contributed by atoms with Gasteiger partial charge in [-0.2, -0.15) is 0 Å². The lowest BCUT2D eigenvalue weighted by atomic mass is 9.91. The number of halogens is 2. The number of amides is 3. The first-order chi connectivity index (χ1) is 16.7. The molecule has 4 rings (SSSR count). The first-order valence-corrected chi connectivity index (χ1v) is 12.4. The van der Waals surface area contributed by atoms with Gasteiger partial charge < -0.3 is 25.7 Å². The molecule has 1 aromatic carbocycles. The Morgan fingerprint density at radius 1 is 1.09 bits per heavy atom. The second kappa shape index (κ2) is 10.9. The molecule has 1 aliphatic heterocycles. The van der Waals surface area contributed by atoms with E-state index >= 15 is 0 Å². The SMILES string of the molecule is COC(=O)C(C[C@@H]1CCCNC1=O)NC(=O)C(CC1CC1)NC(=O)c1cc2c(Cl)cc(Cl)cc2[nH]1. The Hall–Kier alpha value is -2.78. The topological polar surface area (TPSA) is 129 Å². The van der Waals surface area contributed by atoms with E-state index in [0.29, 0.717) is 46.3 Å². The highest BCUT2D eigenvalue weighted by Crippen LogP contribution is 2.34. The predicted octanol–water partition coefficient (Wildman–Crippen LogP) is 2.95. The minimum Gasteiger partial charge on any atom is -0.467 e. The summed E-state index contributed by atoms with van der Waals surface area (Å²) >= 11 is 12.3. The number of benzene rings is 1. The number of piperidine rings is 1. The Morgan fingerprint density at radius 3 is 2.54 bits per heavy atom. The number of aromatic amines is 1. The maximum absolute atomic E-state index is 13.2. The van der Waals surface area contributed by atoms with Crippen molar-refractivity contribution in [2.24, 2.45) is 11.8 Å². The monoisotopic (exact) mass is 522 g/mol. The molecule has 0 spiro atoms. The largest absolute Gasteiger partial charge is 0.467 e. The van der Waals surface area contributed by atoms with Gasteiger partial charge >= 0.3 is 5.97 Å². The van der Waals surface area contributed by atoms with Gasteiger partial charge in [-0.05, 0) is 49.8 Å². The van der Waals surface area contributed by atoms with Crippen LogP contribution in [0, 0.1) is 11.8 Å². The molecule has 1 aliphatic carbocycles. The van der Waals surface area contributed by atoms with E-state index < -0.39 is 35.8 Å². The van der Waals surface area contributed by atoms with E-state index in [9.17, 15) is 19.2 Å². The minimum absolute atomic E-state index is 0.135. The normalized spacial score (nSPS) is 19.5. The molecule has 2 heterocycles. The number of H-pyrrole nitrogens is 1. The van der Waals surface area contributed by atoms with Crippen molar-refractivity contribution in [3.05, 3.63) is 33.9 Å². The quantitative estimate of drug-likeness (QED) is 0.376. The van der Waals surface area contributed by atoms with Crippen LogP contribution in [-0.4, -0.2) is 54.4 Å². The molecule has 188 valence electrons. The van der Waals surface area contributed by atoms with Gasteiger partial charge in [0.1, 0.15) is 17.8 Å². The second-order valence-corrected chi connectivity index (χ2v) is 10.0. The highest BCUT2D eigenvalue weighted by molar-refractivity contribution is 6.38. The maximum atomic E-state index is 13.2. The molecule has 1 aromatic heterocycles. The summed E-state index contributed by atoms with van der Waals surface area (Å²) in [4.78, 5) is 53.8. The number of hydrogen-bond donors (Lipinski definition) is 4. The first-order valence-electron chi connectivity index (χ1n) is 11.7. The summed E-state index contributed by atoms with van der Waals surface area (Å²) in [5, 5.41) is 9.76. The third kappa shape index (κ3) is 6.27. The average molecular weight is 523 g/mol. The fourth-order valence-corrected chi connectivity index (χ4v) is 4.96. The van der Waals surface area contributed by atoms with Gasteiger partial charge in [-0.15, -0.1) is 0 Å². The zero-order valence-corrected chi connectivity index (χ0v) is 20.8. The van der Waals surface area contributed by atoms with E-state index in [1.807, 2.05) is 0 Å². The van der Waals surface area contributed by atoms with E-state index in [-0.39, 0.29) is 18.0 Å². The molecular weight excluding hydrogens is 495 g/mol. The highest BCUT2D eigenvalue weighted by Gasteiger charge is 2.35. The molecule has 1 saturated carbocycles. The predicted molar refractivity (Wildman–Crippen MR) is 131 cm³/mol. The van der Waals surface area contributed by atoms with Crippen LogP contribution in [0.15, 0.2) is 18.2 Å². The van der Waals surface area contributed by atoms with E-state index in [0.717, 1.165) is 19.3 Å². The van der Waals surface area contributed by atoms with Gasteiger partial charge in [0.15, 0.2) is 0 Å². The number of carbonyl (C=O) groups is 4. The van der Waals surface area contributed by atoms with E-state index in [2.05, 4.69) is 20.9 Å². The van der Waals surface area contributed by atoms with Crippen LogP contribution in [0.5, 0.6) is 0 Å². The van der Waals surface area contributed by atoms with Crippen LogP contribution in [-0.2, 0) is 19.1 Å². The lowest BCUT2D eigenvalue weighted by molar-refractivity contribution is -0.146. The van der Waals surface area contributed by atoms with Crippen molar-refractivity contribution >= 4 is 57.8 Å². The van der Waals surface area contributed by atoms with E-state index in [4.69, 9.17) is 27.9 Å². The molecule has 0 radical (unpaired) electrons. The molecule has 2 unspecified atom stereocenters. The van der Waals surface area contributed by atoms with Crippen LogP contribution < -0.4 is 16.0 Å². The van der Waals surface area contributed by atoms with Crippen LogP contribution in [0.4, 0.5) is 0 Å². The van der Waals surface area contributed by atoms with Gasteiger partial charge in [0.05, 0.1) is 12.1 Å². The molecule has 2 aliphatic rings. The lowest BCUT2D eigenvalue weighted by Crippen LogP contribution is -2.53. The number of methoxy groups -OCH3 is 1. The van der Waals surface area contributed by atoms with Crippen molar-refractivity contribution in [2.45, 2.75) is 50.6 Å². The number of ether oxygens (including phenoxy) is 1. The summed E-state index contributed by atoms with van der Waals surface area (Å²) in [7, 11) is 1.24. The zero-order valence-electron chi connectivity index (χ0n) is 19.3. The van der Waals surface area contributed by atoms with Gasteiger partial charge in [0, 0.05) is 28.4 Å². The van der Waals surface area contributed by atoms with E-state index in [1.54, 1.807) is 18.2 Å². The Labute approximate surface area is 212 Å². The fourth-order valence-electron chi connectivity index (χ4n) is 4.41. The molecule has 1 saturated heterocycles. The summed E-state index contributed by atoms with van der Waals surface area (Å²) in [6.45, 7) is 0.602. The standard InChI is InChI=1S/C24H28Cl2N4O5/c1-35-24(34)20(8-13-3-2-6-27-21(13)31)30-22(32)18(7-12-4-5-12)29-23(33)19-11-15-16(26)9-14(25)10-17(15)28-19/h9-13,18,20,28H,2-8H2,1H3,(H,27,31)(H,29,33)(H,30,32)/t13-,18?,20?/m0/s1. The van der Waals surface area contributed by atoms with Gasteiger partial charge in [-0.25, -0.2) is 4.79 Å². The Morgan fingerprint density at radius 2 is 1.86 bits per heavy atom. The van der Waals surface area contributed by atoms with E-state index in [1.165, 1.54) is 7.11 Å². The number of hydrogen-bond acceptors (Lipinski definition) is 5. The number of aromatic nitrogens is 1. The molecule has 2 aromatic rings. The highest BCUT2D eigenvalue weighted by atomic mass is 35.5. The second-order valence-electron chi connectivity index (χ2n) is 9.19. The number of esters is 1. The third-order valence-corrected chi connectivity index (χ3v) is 7.04. The molecular formula is C24H28Cl2N4O5. The molecule has 2 fully saturated rings. The van der Waals surface area contributed by atoms with Crippen molar-refractivity contribution in [3.8, 4) is 0 Å². The van der Waals surface area contributed by atoms with Crippen molar-refractivity contribution in [2.75, 3.05) is 13.7 Å². The van der Waals surface area contributed by atoms with Crippen LogP contribution in [0.25, 0.3) is 10.9 Å². The summed E-state index contributed by atoms with van der Waals surface area (Å²) in [6, 6.07) is 3.01. The van der Waals surface area contributed by atoms with Crippen LogP contribution >= 0.6 is 23.2 Å². The number of rotatable bonds is 9. The maximum Gasteiger partial charge on any atom is 0.328 e. The summed E-state index contributed by atoms with van der Waals surface area (Å²) in [6.07, 6.45) is 3.96. The summed E-state index contributed by atoms with van der Waals surface area (Å²) in [5.41, 5.74) is 0.841. The van der Waals surface area contributed by atoms with Crippen molar-refractivity contribution in [1.82, 2.24) is 20.9 Å². The molecule has 9 nitrogen and oxygen atoms in total. The summed E-state index contributed by atoms with van der Waals surface area (Å²) in [5.74, 6) is -1.81. The lowest BCUT2D eigenvalue weighted by Gasteiger charge is -2.27. The average Bonchev–Trinajstić information content (AvgIpc) is 3.54. The zero-order chi connectivity index (χ0) is 25.1. The van der Waals surface area contributed by atoms with Gasteiger partial charge in [0.25, 0.3) is 5.91 Å². The first kappa shape index (κ1) is 25.3.